The summed E-state index contributed by atoms with van der Waals surface area (Å²) in [6.07, 6.45) is 0. The standard InChI is InChI=1S/C12H6Cl4OP/c13-9-3-1-7(5-11(9)15)18(17)8-2-4-10(14)12(16)6-8/h1-6H/q+1. The molecule has 6 heteroatoms. The Morgan fingerprint density at radius 2 is 1.06 bits per heavy atom. The van der Waals surface area contributed by atoms with Gasteiger partial charge in [0.25, 0.3) is 0 Å². The van der Waals surface area contributed by atoms with Crippen LogP contribution in [-0.4, -0.2) is 0 Å². The van der Waals surface area contributed by atoms with E-state index in [1.54, 1.807) is 36.4 Å². The van der Waals surface area contributed by atoms with Gasteiger partial charge in [-0.15, -0.1) is 0 Å². The molecule has 18 heavy (non-hydrogen) atoms. The Balaban J connectivity index is 2.41. The van der Waals surface area contributed by atoms with Crippen LogP contribution in [0.1, 0.15) is 0 Å². The topological polar surface area (TPSA) is 17.1 Å². The molecule has 2 aromatic rings. The van der Waals surface area contributed by atoms with Gasteiger partial charge in [0.15, 0.2) is 10.6 Å². The second-order valence-electron chi connectivity index (χ2n) is 3.49. The van der Waals surface area contributed by atoms with Gasteiger partial charge in [-0.2, -0.15) is 0 Å². The van der Waals surface area contributed by atoms with Crippen molar-refractivity contribution in [1.82, 2.24) is 0 Å². The second kappa shape index (κ2) is 5.77. The lowest BCUT2D eigenvalue weighted by Crippen LogP contribution is -2.06. The molecule has 0 heterocycles. The summed E-state index contributed by atoms with van der Waals surface area (Å²) in [7, 11) is -1.76. The van der Waals surface area contributed by atoms with Gasteiger partial charge in [0.05, 0.1) is 20.1 Å². The molecule has 0 unspecified atom stereocenters. The van der Waals surface area contributed by atoms with Gasteiger partial charge in [-0.1, -0.05) is 51.0 Å². The zero-order valence-corrected chi connectivity index (χ0v) is 12.7. The van der Waals surface area contributed by atoms with E-state index in [-0.39, 0.29) is 0 Å². The minimum absolute atomic E-state index is 0.373. The second-order valence-corrected chi connectivity index (χ2v) is 6.74. The van der Waals surface area contributed by atoms with Crippen LogP contribution in [0.2, 0.25) is 20.1 Å². The van der Waals surface area contributed by atoms with E-state index in [1.165, 1.54) is 0 Å². The van der Waals surface area contributed by atoms with Crippen molar-refractivity contribution in [3.8, 4) is 0 Å². The van der Waals surface area contributed by atoms with Gasteiger partial charge in [-0.25, -0.2) is 0 Å². The molecule has 0 spiro atoms. The van der Waals surface area contributed by atoms with Crippen molar-refractivity contribution in [1.29, 1.82) is 0 Å². The summed E-state index contributed by atoms with van der Waals surface area (Å²) in [6.45, 7) is 0. The molecule has 92 valence electrons. The summed E-state index contributed by atoms with van der Waals surface area (Å²) in [5.41, 5.74) is 0. The lowest BCUT2D eigenvalue weighted by atomic mass is 10.3. The van der Waals surface area contributed by atoms with Crippen LogP contribution in [0.3, 0.4) is 0 Å². The monoisotopic (exact) mass is 337 g/mol. The van der Waals surface area contributed by atoms with Crippen molar-refractivity contribution in [2.24, 2.45) is 0 Å². The molecular formula is C12H6Cl4OP+. The zero-order valence-electron chi connectivity index (χ0n) is 8.83. The third-order valence-electron chi connectivity index (χ3n) is 2.28. The van der Waals surface area contributed by atoms with Crippen molar-refractivity contribution in [2.75, 3.05) is 0 Å². The Morgan fingerprint density at radius 3 is 1.39 bits per heavy atom. The number of hydrogen-bond acceptors (Lipinski definition) is 1. The molecule has 0 aliphatic carbocycles. The molecule has 0 amide bonds. The summed E-state index contributed by atoms with van der Waals surface area (Å²) in [5, 5.41) is 2.79. The molecule has 0 aromatic heterocycles. The smallest absolute Gasteiger partial charge is 0.0827 e. The highest BCUT2D eigenvalue weighted by Gasteiger charge is 2.25. The highest BCUT2D eigenvalue weighted by molar-refractivity contribution is 7.61. The Hall–Kier alpha value is -0.300. The third kappa shape index (κ3) is 2.99. The van der Waals surface area contributed by atoms with Gasteiger partial charge in [-0.3, -0.25) is 0 Å². The average Bonchev–Trinajstić information content (AvgIpc) is 2.35. The number of hydrogen-bond donors (Lipinski definition) is 0. The van der Waals surface area contributed by atoms with Crippen LogP contribution in [0.15, 0.2) is 36.4 Å². The molecule has 0 saturated carbocycles. The van der Waals surface area contributed by atoms with Crippen LogP contribution in [-0.2, 0) is 4.57 Å². The van der Waals surface area contributed by atoms with Gasteiger partial charge < -0.3 is 0 Å². The maximum atomic E-state index is 12.3. The van der Waals surface area contributed by atoms with Crippen LogP contribution in [0.4, 0.5) is 0 Å². The van der Waals surface area contributed by atoms with Gasteiger partial charge in [0.1, 0.15) is 0 Å². The van der Waals surface area contributed by atoms with Crippen molar-refractivity contribution in [3.05, 3.63) is 56.5 Å². The van der Waals surface area contributed by atoms with Gasteiger partial charge in [0.2, 0.25) is 0 Å². The fraction of sp³-hybridized carbons (Fsp3) is 0. The Kier molecular flexibility index (Phi) is 4.53. The number of rotatable bonds is 2. The Labute approximate surface area is 125 Å². The van der Waals surface area contributed by atoms with Crippen molar-refractivity contribution in [2.45, 2.75) is 0 Å². The van der Waals surface area contributed by atoms with E-state index in [0.29, 0.717) is 30.7 Å². The minimum Gasteiger partial charge on any atom is -0.0827 e. The maximum absolute atomic E-state index is 12.3. The molecule has 0 fully saturated rings. The van der Waals surface area contributed by atoms with E-state index in [0.717, 1.165) is 0 Å². The predicted molar refractivity (Wildman–Crippen MR) is 79.8 cm³/mol. The van der Waals surface area contributed by atoms with Crippen LogP contribution in [0.25, 0.3) is 0 Å². The van der Waals surface area contributed by atoms with Crippen molar-refractivity contribution < 1.29 is 4.57 Å². The molecule has 0 bridgehead atoms. The summed E-state index contributed by atoms with van der Waals surface area (Å²) in [4.78, 5) is 0. The largest absolute Gasteiger partial charge is 0.415 e. The molecule has 0 atom stereocenters. The summed E-state index contributed by atoms with van der Waals surface area (Å²) in [5.74, 6) is 0. The summed E-state index contributed by atoms with van der Waals surface area (Å²) in [6, 6.07) is 9.76. The Morgan fingerprint density at radius 1 is 0.667 bits per heavy atom. The van der Waals surface area contributed by atoms with Crippen LogP contribution >= 0.6 is 54.2 Å². The van der Waals surface area contributed by atoms with Crippen molar-refractivity contribution in [3.63, 3.8) is 0 Å². The van der Waals surface area contributed by atoms with Crippen LogP contribution in [0, 0.1) is 0 Å². The summed E-state index contributed by atoms with van der Waals surface area (Å²) >= 11 is 23.4. The predicted octanol–water partition coefficient (Wildman–Crippen LogP) is 5.08. The SMILES string of the molecule is O=[P+](c1ccc(Cl)c(Cl)c1)c1ccc(Cl)c(Cl)c1. The molecule has 0 radical (unpaired) electrons. The van der Waals surface area contributed by atoms with Crippen LogP contribution < -0.4 is 10.6 Å². The molecular weight excluding hydrogens is 333 g/mol. The first-order valence-corrected chi connectivity index (χ1v) is 7.63. The van der Waals surface area contributed by atoms with E-state index in [4.69, 9.17) is 46.4 Å². The molecule has 0 aliphatic rings. The number of halogens is 4. The normalized spacial score (nSPS) is 10.4. The van der Waals surface area contributed by atoms with E-state index >= 15 is 0 Å². The molecule has 2 rings (SSSR count). The van der Waals surface area contributed by atoms with Gasteiger partial charge in [0, 0.05) is 12.1 Å². The quantitative estimate of drug-likeness (QED) is 0.698. The molecule has 1 nitrogen and oxygen atoms in total. The van der Waals surface area contributed by atoms with E-state index in [2.05, 4.69) is 0 Å². The average molecular weight is 339 g/mol. The lowest BCUT2D eigenvalue weighted by molar-refractivity contribution is 0.598. The summed E-state index contributed by atoms with van der Waals surface area (Å²) < 4.78 is 12.3. The van der Waals surface area contributed by atoms with Gasteiger partial charge >= 0.3 is 7.80 Å². The highest BCUT2D eigenvalue weighted by atomic mass is 35.5. The zero-order chi connectivity index (χ0) is 13.3. The molecule has 0 saturated heterocycles. The van der Waals surface area contributed by atoms with Crippen molar-refractivity contribution >= 4 is 64.8 Å². The lowest BCUT2D eigenvalue weighted by Gasteiger charge is -1.96. The van der Waals surface area contributed by atoms with Gasteiger partial charge in [-0.05, 0) is 24.3 Å². The maximum Gasteiger partial charge on any atom is 0.415 e. The first kappa shape index (κ1) is 14.1. The fourth-order valence-corrected chi connectivity index (χ4v) is 3.33. The highest BCUT2D eigenvalue weighted by Crippen LogP contribution is 2.28. The van der Waals surface area contributed by atoms with E-state index in [9.17, 15) is 4.57 Å². The molecule has 0 N–H and O–H groups in total. The Bertz CT molecular complexity index is 574. The molecule has 2 aromatic carbocycles. The van der Waals surface area contributed by atoms with E-state index in [1.807, 2.05) is 0 Å². The first-order valence-electron chi connectivity index (χ1n) is 4.86. The van der Waals surface area contributed by atoms with E-state index < -0.39 is 7.80 Å². The fourth-order valence-electron chi connectivity index (χ4n) is 1.37. The van der Waals surface area contributed by atoms with Crippen LogP contribution in [0.5, 0.6) is 0 Å². The molecule has 0 aliphatic heterocycles. The first-order chi connectivity index (χ1) is 8.49. The number of benzene rings is 2. The minimum atomic E-state index is -1.76. The third-order valence-corrected chi connectivity index (χ3v) is 5.25.